The van der Waals surface area contributed by atoms with Crippen molar-refractivity contribution in [3.8, 4) is 0 Å². The average molecular weight is 305 g/mol. The zero-order chi connectivity index (χ0) is 14.8. The van der Waals surface area contributed by atoms with Crippen LogP contribution in [0.3, 0.4) is 0 Å². The summed E-state index contributed by atoms with van der Waals surface area (Å²) in [6.45, 7) is 4.70. The molecule has 1 aromatic heterocycles. The number of furan rings is 1. The summed E-state index contributed by atoms with van der Waals surface area (Å²) in [5, 5.41) is 0. The third kappa shape index (κ3) is 3.10. The minimum absolute atomic E-state index is 0.139. The van der Waals surface area contributed by atoms with Gasteiger partial charge in [0.15, 0.2) is 0 Å². The Kier molecular flexibility index (Phi) is 4.25. The number of morpholine rings is 1. The van der Waals surface area contributed by atoms with Crippen molar-refractivity contribution < 1.29 is 13.9 Å². The van der Waals surface area contributed by atoms with E-state index in [2.05, 4.69) is 17.0 Å². The molecule has 4 rings (SSSR count). The van der Waals surface area contributed by atoms with Crippen molar-refractivity contribution >= 4 is 0 Å². The fourth-order valence-corrected chi connectivity index (χ4v) is 4.22. The normalized spacial score (nSPS) is 29.2. The number of hydrogen-bond acceptors (Lipinski definition) is 4. The van der Waals surface area contributed by atoms with E-state index in [9.17, 15) is 0 Å². The van der Waals surface area contributed by atoms with Gasteiger partial charge in [-0.15, -0.1) is 0 Å². The fraction of sp³-hybridized carbons (Fsp3) is 0.778. The van der Waals surface area contributed by atoms with Crippen molar-refractivity contribution in [3.63, 3.8) is 0 Å². The molecule has 0 amide bonds. The summed E-state index contributed by atoms with van der Waals surface area (Å²) in [7, 11) is 0. The Morgan fingerprint density at radius 3 is 2.82 bits per heavy atom. The van der Waals surface area contributed by atoms with Crippen molar-refractivity contribution in [1.29, 1.82) is 0 Å². The summed E-state index contributed by atoms with van der Waals surface area (Å²) < 4.78 is 18.0. The van der Waals surface area contributed by atoms with Gasteiger partial charge in [0.05, 0.1) is 18.8 Å². The highest BCUT2D eigenvalue weighted by atomic mass is 16.5. The molecule has 122 valence electrons. The first-order valence-electron chi connectivity index (χ1n) is 8.90. The van der Waals surface area contributed by atoms with Crippen LogP contribution in [0.1, 0.15) is 62.6 Å². The Balaban J connectivity index is 1.37. The Hall–Kier alpha value is -0.840. The molecular weight excluding hydrogens is 278 g/mol. The first kappa shape index (κ1) is 14.7. The second kappa shape index (κ2) is 6.34. The molecule has 0 aromatic carbocycles. The van der Waals surface area contributed by atoms with E-state index in [4.69, 9.17) is 13.9 Å². The molecule has 3 heterocycles. The van der Waals surface area contributed by atoms with Crippen molar-refractivity contribution in [1.82, 2.24) is 4.90 Å². The summed E-state index contributed by atoms with van der Waals surface area (Å²) in [6.07, 6.45) is 8.77. The number of ether oxygens (including phenoxy) is 2. The first-order valence-corrected chi connectivity index (χ1v) is 8.90. The van der Waals surface area contributed by atoms with Crippen molar-refractivity contribution in [2.75, 3.05) is 26.3 Å². The number of rotatable bonds is 3. The van der Waals surface area contributed by atoms with Crippen LogP contribution in [0.4, 0.5) is 0 Å². The highest BCUT2D eigenvalue weighted by Gasteiger charge is 2.39. The van der Waals surface area contributed by atoms with Gasteiger partial charge in [0, 0.05) is 19.7 Å². The van der Waals surface area contributed by atoms with Gasteiger partial charge in [0.2, 0.25) is 0 Å². The van der Waals surface area contributed by atoms with Crippen LogP contribution in [0.15, 0.2) is 16.5 Å². The maximum Gasteiger partial charge on any atom is 0.133 e. The Labute approximate surface area is 132 Å². The van der Waals surface area contributed by atoms with E-state index < -0.39 is 0 Å². The Bertz CT molecular complexity index is 486. The molecule has 1 saturated carbocycles. The first-order chi connectivity index (χ1) is 10.8. The maximum absolute atomic E-state index is 6.10. The summed E-state index contributed by atoms with van der Waals surface area (Å²) in [5.74, 6) is 2.08. The summed E-state index contributed by atoms with van der Waals surface area (Å²) in [6, 6.07) is 4.24. The lowest BCUT2D eigenvalue weighted by molar-refractivity contribution is -0.108. The summed E-state index contributed by atoms with van der Waals surface area (Å²) >= 11 is 0. The number of hydrogen-bond donors (Lipinski definition) is 0. The molecule has 2 aliphatic heterocycles. The third-order valence-electron chi connectivity index (χ3n) is 5.40. The SMILES string of the molecule is c1cc(C2CCCCO2)oc1CN1CCOC2(CCCC2)C1. The smallest absolute Gasteiger partial charge is 0.133 e. The van der Waals surface area contributed by atoms with Gasteiger partial charge in [0.25, 0.3) is 0 Å². The predicted octanol–water partition coefficient (Wildman–Crippen LogP) is 3.67. The van der Waals surface area contributed by atoms with Gasteiger partial charge in [-0.2, -0.15) is 0 Å². The van der Waals surface area contributed by atoms with E-state index in [0.717, 1.165) is 50.8 Å². The summed E-state index contributed by atoms with van der Waals surface area (Å²) in [4.78, 5) is 2.50. The van der Waals surface area contributed by atoms with Crippen LogP contribution >= 0.6 is 0 Å². The van der Waals surface area contributed by atoms with Crippen LogP contribution in [0, 0.1) is 0 Å². The fourth-order valence-electron chi connectivity index (χ4n) is 4.22. The Morgan fingerprint density at radius 2 is 2.00 bits per heavy atom. The molecule has 0 bridgehead atoms. The molecule has 0 radical (unpaired) electrons. The minimum Gasteiger partial charge on any atom is -0.462 e. The molecule has 4 nitrogen and oxygen atoms in total. The lowest BCUT2D eigenvalue weighted by Crippen LogP contribution is -2.49. The highest BCUT2D eigenvalue weighted by Crippen LogP contribution is 2.36. The monoisotopic (exact) mass is 305 g/mol. The van der Waals surface area contributed by atoms with E-state index >= 15 is 0 Å². The van der Waals surface area contributed by atoms with Crippen LogP contribution in [-0.4, -0.2) is 36.8 Å². The molecule has 1 aromatic rings. The van der Waals surface area contributed by atoms with Gasteiger partial charge in [-0.25, -0.2) is 0 Å². The molecule has 0 N–H and O–H groups in total. The number of nitrogens with zero attached hydrogens (tertiary/aromatic N) is 1. The second-order valence-electron chi connectivity index (χ2n) is 7.11. The zero-order valence-electron chi connectivity index (χ0n) is 13.4. The van der Waals surface area contributed by atoms with Crippen LogP contribution in [0.5, 0.6) is 0 Å². The lowest BCUT2D eigenvalue weighted by atomic mass is 10.00. The van der Waals surface area contributed by atoms with Crippen molar-refractivity contribution in [2.45, 2.75) is 63.2 Å². The molecule has 4 heteroatoms. The molecule has 2 saturated heterocycles. The van der Waals surface area contributed by atoms with Crippen LogP contribution in [0.2, 0.25) is 0 Å². The molecule has 1 atom stereocenters. The van der Waals surface area contributed by atoms with Gasteiger partial charge < -0.3 is 13.9 Å². The molecule has 1 unspecified atom stereocenters. The van der Waals surface area contributed by atoms with Gasteiger partial charge in [0.1, 0.15) is 17.6 Å². The third-order valence-corrected chi connectivity index (χ3v) is 5.40. The van der Waals surface area contributed by atoms with Crippen LogP contribution in [-0.2, 0) is 16.0 Å². The minimum atomic E-state index is 0.139. The maximum atomic E-state index is 6.10. The van der Waals surface area contributed by atoms with Crippen molar-refractivity contribution in [2.24, 2.45) is 0 Å². The van der Waals surface area contributed by atoms with Crippen LogP contribution in [0.25, 0.3) is 0 Å². The summed E-state index contributed by atoms with van der Waals surface area (Å²) in [5.41, 5.74) is 0.139. The van der Waals surface area contributed by atoms with Gasteiger partial charge in [-0.05, 0) is 44.2 Å². The van der Waals surface area contributed by atoms with Crippen molar-refractivity contribution in [3.05, 3.63) is 23.7 Å². The molecular formula is C18H27NO3. The molecule has 22 heavy (non-hydrogen) atoms. The molecule has 3 fully saturated rings. The van der Waals surface area contributed by atoms with Gasteiger partial charge >= 0.3 is 0 Å². The van der Waals surface area contributed by atoms with E-state index in [1.54, 1.807) is 0 Å². The largest absolute Gasteiger partial charge is 0.462 e. The molecule has 1 aliphatic carbocycles. The predicted molar refractivity (Wildman–Crippen MR) is 83.7 cm³/mol. The average Bonchev–Trinajstić information content (AvgIpc) is 3.19. The topological polar surface area (TPSA) is 34.8 Å². The standard InChI is InChI=1S/C18H27NO3/c1-4-11-20-16(5-1)17-7-6-15(22-17)13-19-10-12-21-18(14-19)8-2-3-9-18/h6-7,16H,1-5,8-14H2. The van der Waals surface area contributed by atoms with E-state index in [1.165, 1.54) is 38.5 Å². The van der Waals surface area contributed by atoms with E-state index in [-0.39, 0.29) is 11.7 Å². The van der Waals surface area contributed by atoms with E-state index in [1.807, 2.05) is 0 Å². The second-order valence-corrected chi connectivity index (χ2v) is 7.11. The van der Waals surface area contributed by atoms with Gasteiger partial charge in [-0.3, -0.25) is 4.90 Å². The quantitative estimate of drug-likeness (QED) is 0.853. The Morgan fingerprint density at radius 1 is 1.09 bits per heavy atom. The zero-order valence-corrected chi connectivity index (χ0v) is 13.4. The molecule has 1 spiro atoms. The van der Waals surface area contributed by atoms with Gasteiger partial charge in [-0.1, -0.05) is 12.8 Å². The molecule has 3 aliphatic rings. The van der Waals surface area contributed by atoms with Crippen LogP contribution < -0.4 is 0 Å². The lowest BCUT2D eigenvalue weighted by Gasteiger charge is -2.40. The highest BCUT2D eigenvalue weighted by molar-refractivity contribution is 5.10. The van der Waals surface area contributed by atoms with E-state index in [0.29, 0.717) is 0 Å².